The molecule has 1 saturated heterocycles. The first kappa shape index (κ1) is 16.2. The van der Waals surface area contributed by atoms with Gasteiger partial charge in [-0.25, -0.2) is 0 Å². The third kappa shape index (κ3) is 2.93. The summed E-state index contributed by atoms with van der Waals surface area (Å²) in [6.45, 7) is 3.64. The molecule has 25 heavy (non-hydrogen) atoms. The van der Waals surface area contributed by atoms with Crippen molar-refractivity contribution >= 4 is 28.4 Å². The molecule has 1 aromatic carbocycles. The Labute approximate surface area is 151 Å². The average molecular weight is 357 g/mol. The standard InChI is InChI=1S/C19H21ClN4O/c1-2-12-10-21-23-18(12)13-5-4-8-24(11-13)19(25)17-9-14-15(20)6-3-7-16(14)22-17/h3,6-7,9-10,13,22H,2,4-5,8,11H2,1H3,(H,21,23)/t13-/m0/s1. The van der Waals surface area contributed by atoms with E-state index < -0.39 is 0 Å². The molecular weight excluding hydrogens is 336 g/mol. The van der Waals surface area contributed by atoms with Crippen LogP contribution in [0.25, 0.3) is 10.9 Å². The maximum absolute atomic E-state index is 13.0. The van der Waals surface area contributed by atoms with Gasteiger partial charge in [0.25, 0.3) is 5.91 Å². The summed E-state index contributed by atoms with van der Waals surface area (Å²) in [6, 6.07) is 7.52. The molecule has 0 bridgehead atoms. The molecule has 1 aliphatic heterocycles. The minimum Gasteiger partial charge on any atom is -0.350 e. The van der Waals surface area contributed by atoms with Crippen LogP contribution in [0.3, 0.4) is 0 Å². The fourth-order valence-corrected chi connectivity index (χ4v) is 3.99. The van der Waals surface area contributed by atoms with E-state index in [1.165, 1.54) is 11.3 Å². The first-order chi connectivity index (χ1) is 12.2. The van der Waals surface area contributed by atoms with Gasteiger partial charge in [-0.2, -0.15) is 5.10 Å². The first-order valence-electron chi connectivity index (χ1n) is 8.76. The van der Waals surface area contributed by atoms with Crippen molar-refractivity contribution in [2.45, 2.75) is 32.1 Å². The van der Waals surface area contributed by atoms with Gasteiger partial charge in [-0.1, -0.05) is 24.6 Å². The zero-order valence-electron chi connectivity index (χ0n) is 14.2. The van der Waals surface area contributed by atoms with Crippen molar-refractivity contribution in [2.75, 3.05) is 13.1 Å². The van der Waals surface area contributed by atoms with Crippen LogP contribution in [0.5, 0.6) is 0 Å². The second-order valence-electron chi connectivity index (χ2n) is 6.64. The SMILES string of the molecule is CCc1cn[nH]c1[C@H]1CCCN(C(=O)c2cc3c(Cl)cccc3[nH]2)C1. The number of likely N-dealkylation sites (tertiary alicyclic amines) is 1. The van der Waals surface area contributed by atoms with E-state index in [-0.39, 0.29) is 5.91 Å². The number of benzene rings is 1. The topological polar surface area (TPSA) is 64.8 Å². The number of nitrogens with zero attached hydrogens (tertiary/aromatic N) is 2. The molecule has 3 heterocycles. The number of fused-ring (bicyclic) bond motifs is 1. The molecule has 0 saturated carbocycles. The molecule has 1 aliphatic rings. The predicted molar refractivity (Wildman–Crippen MR) is 99.2 cm³/mol. The van der Waals surface area contributed by atoms with Crippen LogP contribution in [-0.4, -0.2) is 39.1 Å². The Bertz CT molecular complexity index is 913. The molecular formula is C19H21ClN4O. The minimum absolute atomic E-state index is 0.0366. The highest BCUT2D eigenvalue weighted by Gasteiger charge is 2.28. The highest BCUT2D eigenvalue weighted by Crippen LogP contribution is 2.30. The lowest BCUT2D eigenvalue weighted by Crippen LogP contribution is -2.39. The van der Waals surface area contributed by atoms with E-state index in [9.17, 15) is 4.79 Å². The van der Waals surface area contributed by atoms with Crippen molar-refractivity contribution in [3.05, 3.63) is 52.4 Å². The quantitative estimate of drug-likeness (QED) is 0.741. The van der Waals surface area contributed by atoms with E-state index in [4.69, 9.17) is 11.6 Å². The van der Waals surface area contributed by atoms with Gasteiger partial charge in [0.15, 0.2) is 0 Å². The molecule has 0 spiro atoms. The number of aromatic amines is 2. The molecule has 0 aliphatic carbocycles. The first-order valence-corrected chi connectivity index (χ1v) is 9.13. The number of hydrogen-bond acceptors (Lipinski definition) is 2. The molecule has 5 nitrogen and oxygen atoms in total. The molecule has 0 unspecified atom stereocenters. The number of amides is 1. The van der Waals surface area contributed by atoms with Crippen LogP contribution in [0.4, 0.5) is 0 Å². The van der Waals surface area contributed by atoms with Crippen LogP contribution in [0.1, 0.15) is 47.4 Å². The fraction of sp³-hybridized carbons (Fsp3) is 0.368. The molecule has 2 N–H and O–H groups in total. The maximum atomic E-state index is 13.0. The number of H-pyrrole nitrogens is 2. The zero-order chi connectivity index (χ0) is 17.4. The number of carbonyl (C=O) groups is 1. The lowest BCUT2D eigenvalue weighted by molar-refractivity contribution is 0.0700. The number of carbonyl (C=O) groups excluding carboxylic acids is 1. The van der Waals surface area contributed by atoms with Gasteiger partial charge in [0.05, 0.1) is 6.20 Å². The smallest absolute Gasteiger partial charge is 0.270 e. The summed E-state index contributed by atoms with van der Waals surface area (Å²) in [5.74, 6) is 0.359. The van der Waals surface area contributed by atoms with E-state index in [1.54, 1.807) is 0 Å². The number of aryl methyl sites for hydroxylation is 1. The number of nitrogens with one attached hydrogen (secondary N) is 2. The Morgan fingerprint density at radius 2 is 2.32 bits per heavy atom. The number of rotatable bonds is 3. The zero-order valence-corrected chi connectivity index (χ0v) is 14.9. The van der Waals surface area contributed by atoms with Crippen molar-refractivity contribution in [3.63, 3.8) is 0 Å². The van der Waals surface area contributed by atoms with Gasteiger partial charge in [0, 0.05) is 40.6 Å². The van der Waals surface area contributed by atoms with Crippen molar-refractivity contribution in [3.8, 4) is 0 Å². The van der Waals surface area contributed by atoms with Crippen LogP contribution in [0, 0.1) is 0 Å². The number of halogens is 1. The van der Waals surface area contributed by atoms with Crippen LogP contribution < -0.4 is 0 Å². The highest BCUT2D eigenvalue weighted by atomic mass is 35.5. The Hall–Kier alpha value is -2.27. The third-order valence-electron chi connectivity index (χ3n) is 5.09. The van der Waals surface area contributed by atoms with Crippen LogP contribution in [0.15, 0.2) is 30.5 Å². The second-order valence-corrected chi connectivity index (χ2v) is 7.04. The Morgan fingerprint density at radius 3 is 3.12 bits per heavy atom. The lowest BCUT2D eigenvalue weighted by atomic mass is 9.92. The van der Waals surface area contributed by atoms with Gasteiger partial charge in [0.1, 0.15) is 5.69 Å². The summed E-state index contributed by atoms with van der Waals surface area (Å²) in [7, 11) is 0. The molecule has 1 atom stereocenters. The van der Waals surface area contributed by atoms with Gasteiger partial charge in [-0.05, 0) is 43.0 Å². The molecule has 4 rings (SSSR count). The Morgan fingerprint density at radius 1 is 1.44 bits per heavy atom. The number of hydrogen-bond donors (Lipinski definition) is 2. The monoisotopic (exact) mass is 356 g/mol. The molecule has 1 fully saturated rings. The van der Waals surface area contributed by atoms with Crippen molar-refractivity contribution in [2.24, 2.45) is 0 Å². The summed E-state index contributed by atoms with van der Waals surface area (Å²) in [5, 5.41) is 8.88. The second kappa shape index (κ2) is 6.56. The highest BCUT2D eigenvalue weighted by molar-refractivity contribution is 6.35. The number of aromatic nitrogens is 3. The van der Waals surface area contributed by atoms with Gasteiger partial charge in [-0.15, -0.1) is 0 Å². The van der Waals surface area contributed by atoms with Crippen molar-refractivity contribution in [1.29, 1.82) is 0 Å². The molecule has 6 heteroatoms. The summed E-state index contributed by atoms with van der Waals surface area (Å²) in [5.41, 5.74) is 3.92. The molecule has 1 amide bonds. The van der Waals surface area contributed by atoms with Crippen molar-refractivity contribution in [1.82, 2.24) is 20.1 Å². The average Bonchev–Trinajstić information content (AvgIpc) is 3.28. The summed E-state index contributed by atoms with van der Waals surface area (Å²) < 4.78 is 0. The van der Waals surface area contributed by atoms with Crippen LogP contribution in [-0.2, 0) is 6.42 Å². The molecule has 0 radical (unpaired) electrons. The van der Waals surface area contributed by atoms with Crippen molar-refractivity contribution < 1.29 is 4.79 Å². The van der Waals surface area contributed by atoms with Gasteiger partial charge in [0.2, 0.25) is 0 Å². The molecule has 130 valence electrons. The summed E-state index contributed by atoms with van der Waals surface area (Å²) in [4.78, 5) is 18.1. The lowest BCUT2D eigenvalue weighted by Gasteiger charge is -2.32. The minimum atomic E-state index is 0.0366. The Kier molecular flexibility index (Phi) is 4.25. The maximum Gasteiger partial charge on any atom is 0.270 e. The largest absolute Gasteiger partial charge is 0.350 e. The van der Waals surface area contributed by atoms with Gasteiger partial charge in [-0.3, -0.25) is 9.89 Å². The Balaban J connectivity index is 1.58. The van der Waals surface area contributed by atoms with Gasteiger partial charge < -0.3 is 9.88 Å². The fourth-order valence-electron chi connectivity index (χ4n) is 3.76. The predicted octanol–water partition coefficient (Wildman–Crippen LogP) is 4.13. The van der Waals surface area contributed by atoms with Crippen LogP contribution in [0.2, 0.25) is 5.02 Å². The molecule has 2 aromatic heterocycles. The third-order valence-corrected chi connectivity index (χ3v) is 5.42. The summed E-state index contributed by atoms with van der Waals surface area (Å²) >= 11 is 6.23. The van der Waals surface area contributed by atoms with E-state index in [0.717, 1.165) is 43.3 Å². The van der Waals surface area contributed by atoms with Crippen LogP contribution >= 0.6 is 11.6 Å². The number of piperidine rings is 1. The van der Waals surface area contributed by atoms with Gasteiger partial charge >= 0.3 is 0 Å². The molecule has 3 aromatic rings. The summed E-state index contributed by atoms with van der Waals surface area (Å²) in [6.07, 6.45) is 4.93. The van der Waals surface area contributed by atoms with E-state index in [2.05, 4.69) is 22.1 Å². The van der Waals surface area contributed by atoms with E-state index >= 15 is 0 Å². The van der Waals surface area contributed by atoms with E-state index in [1.807, 2.05) is 35.4 Å². The van der Waals surface area contributed by atoms with E-state index in [0.29, 0.717) is 16.6 Å². The normalized spacial score (nSPS) is 18.0.